The minimum atomic E-state index is -1.28. The van der Waals surface area contributed by atoms with Crippen LogP contribution < -0.4 is 10.6 Å². The Morgan fingerprint density at radius 3 is 2.66 bits per heavy atom. The molecule has 4 rings (SSSR count). The van der Waals surface area contributed by atoms with Crippen LogP contribution in [0.3, 0.4) is 0 Å². The predicted octanol–water partition coefficient (Wildman–Crippen LogP) is 1.90. The van der Waals surface area contributed by atoms with E-state index >= 15 is 0 Å². The maximum Gasteiger partial charge on any atom is 0.352 e. The standard InChI is InChI=1S/C26H31N5O6S/c1-4-30(5-2)11-10-27-19-12-20(28-18-9-7-6-8-17(18)19)23(33)29-21-24(34)31-22(26(35)36)16(13-37-15(3)32)14-38-25(21)31/h6-9,12,21,25H,4-5,10-11,13-14H2,1-3H3,(H,27,28)(H,29,33)(H,35,36)/t21-,25-/m1/s1. The molecule has 2 aliphatic rings. The van der Waals surface area contributed by atoms with E-state index in [4.69, 9.17) is 4.74 Å². The number of esters is 1. The maximum atomic E-state index is 13.2. The monoisotopic (exact) mass is 541 g/mol. The lowest BCUT2D eigenvalue weighted by Gasteiger charge is -2.49. The van der Waals surface area contributed by atoms with Crippen LogP contribution in [-0.2, 0) is 19.1 Å². The van der Waals surface area contributed by atoms with Crippen molar-refractivity contribution in [3.8, 4) is 0 Å². The van der Waals surface area contributed by atoms with Gasteiger partial charge in [-0.25, -0.2) is 9.78 Å². The van der Waals surface area contributed by atoms with Crippen molar-refractivity contribution in [2.24, 2.45) is 0 Å². The van der Waals surface area contributed by atoms with E-state index in [1.54, 1.807) is 6.07 Å². The summed E-state index contributed by atoms with van der Waals surface area (Å²) in [4.78, 5) is 57.2. The summed E-state index contributed by atoms with van der Waals surface area (Å²) in [7, 11) is 0. The lowest BCUT2D eigenvalue weighted by atomic mass is 10.0. The Morgan fingerprint density at radius 2 is 1.97 bits per heavy atom. The van der Waals surface area contributed by atoms with Crippen LogP contribution in [0.2, 0.25) is 0 Å². The van der Waals surface area contributed by atoms with Crippen LogP contribution in [0.15, 0.2) is 41.6 Å². The van der Waals surface area contributed by atoms with Crippen LogP contribution in [0.1, 0.15) is 31.3 Å². The van der Waals surface area contributed by atoms with Crippen LogP contribution in [0.25, 0.3) is 10.9 Å². The number of anilines is 1. The molecule has 0 spiro atoms. The van der Waals surface area contributed by atoms with Gasteiger partial charge in [0.2, 0.25) is 0 Å². The number of carbonyl (C=O) groups is 4. The van der Waals surface area contributed by atoms with Gasteiger partial charge >= 0.3 is 11.9 Å². The highest BCUT2D eigenvalue weighted by Crippen LogP contribution is 2.40. The number of pyridine rings is 1. The number of nitrogens with zero attached hydrogens (tertiary/aromatic N) is 3. The molecule has 1 saturated heterocycles. The van der Waals surface area contributed by atoms with E-state index in [2.05, 4.69) is 34.4 Å². The molecule has 2 atom stereocenters. The summed E-state index contributed by atoms with van der Waals surface area (Å²) in [5.74, 6) is -2.63. The van der Waals surface area contributed by atoms with E-state index in [1.165, 1.54) is 18.7 Å². The number of benzene rings is 1. The lowest BCUT2D eigenvalue weighted by Crippen LogP contribution is -2.70. The summed E-state index contributed by atoms with van der Waals surface area (Å²) in [5, 5.41) is 16.2. The summed E-state index contributed by atoms with van der Waals surface area (Å²) >= 11 is 1.31. The number of aromatic nitrogens is 1. The Kier molecular flexibility index (Phi) is 8.52. The van der Waals surface area contributed by atoms with Crippen LogP contribution in [0.4, 0.5) is 5.69 Å². The van der Waals surface area contributed by atoms with Crippen molar-refractivity contribution in [1.29, 1.82) is 0 Å². The summed E-state index contributed by atoms with van der Waals surface area (Å²) in [6.07, 6.45) is 0. The van der Waals surface area contributed by atoms with Crippen LogP contribution in [0.5, 0.6) is 0 Å². The predicted molar refractivity (Wildman–Crippen MR) is 144 cm³/mol. The number of para-hydroxylation sites is 1. The minimum Gasteiger partial charge on any atom is -0.477 e. The molecule has 11 nitrogen and oxygen atoms in total. The Balaban J connectivity index is 1.51. The fourth-order valence-electron chi connectivity index (χ4n) is 4.52. The molecule has 38 heavy (non-hydrogen) atoms. The molecule has 1 aromatic heterocycles. The van der Waals surface area contributed by atoms with Crippen LogP contribution >= 0.6 is 11.8 Å². The summed E-state index contributed by atoms with van der Waals surface area (Å²) in [5.41, 5.74) is 1.71. The number of carboxylic acids is 1. The number of thioether (sulfide) groups is 1. The number of rotatable bonds is 11. The molecule has 2 amide bonds. The van der Waals surface area contributed by atoms with E-state index in [0.29, 0.717) is 17.6 Å². The topological polar surface area (TPSA) is 141 Å². The summed E-state index contributed by atoms with van der Waals surface area (Å²) in [6, 6.07) is 8.28. The van der Waals surface area contributed by atoms with Gasteiger partial charge in [0.25, 0.3) is 11.8 Å². The van der Waals surface area contributed by atoms with Gasteiger partial charge in [-0.2, -0.15) is 0 Å². The lowest BCUT2D eigenvalue weighted by molar-refractivity contribution is -0.149. The number of β-lactam (4-membered cyclic amide) rings is 1. The normalized spacial score (nSPS) is 18.7. The number of hydrogen-bond acceptors (Lipinski definition) is 9. The molecule has 1 fully saturated rings. The van der Waals surface area contributed by atoms with E-state index in [9.17, 15) is 24.3 Å². The number of hydrogen-bond donors (Lipinski definition) is 3. The van der Waals surface area contributed by atoms with E-state index in [-0.39, 0.29) is 23.8 Å². The number of amides is 2. The Morgan fingerprint density at radius 1 is 1.24 bits per heavy atom. The molecule has 1 aromatic carbocycles. The zero-order chi connectivity index (χ0) is 27.4. The van der Waals surface area contributed by atoms with Crippen molar-refractivity contribution in [3.05, 3.63) is 47.3 Å². The average Bonchev–Trinajstić information content (AvgIpc) is 2.91. The highest BCUT2D eigenvalue weighted by atomic mass is 32.2. The van der Waals surface area contributed by atoms with Gasteiger partial charge in [-0.1, -0.05) is 32.0 Å². The number of carbonyl (C=O) groups excluding carboxylic acids is 3. The first kappa shape index (κ1) is 27.4. The molecule has 3 heterocycles. The first-order valence-corrected chi connectivity index (χ1v) is 13.5. The molecule has 12 heteroatoms. The van der Waals surface area contributed by atoms with Gasteiger partial charge in [0.15, 0.2) is 0 Å². The van der Waals surface area contributed by atoms with Crippen LogP contribution in [-0.4, -0.2) is 93.6 Å². The van der Waals surface area contributed by atoms with Gasteiger partial charge in [-0.3, -0.25) is 19.3 Å². The van der Waals surface area contributed by atoms with Gasteiger partial charge < -0.3 is 25.4 Å². The van der Waals surface area contributed by atoms with Crippen molar-refractivity contribution < 1.29 is 29.0 Å². The highest BCUT2D eigenvalue weighted by Gasteiger charge is 2.54. The maximum absolute atomic E-state index is 13.2. The SMILES string of the molecule is CCN(CC)CCNc1cc(C(=O)N[C@@H]2C(=O)N3C(C(=O)O)=C(COC(C)=O)CS[C@H]23)nc2ccccc12. The quantitative estimate of drug-likeness (QED) is 0.285. The molecule has 202 valence electrons. The summed E-state index contributed by atoms with van der Waals surface area (Å²) in [6.45, 7) is 8.65. The Hall–Kier alpha value is -3.64. The number of ether oxygens (including phenoxy) is 1. The van der Waals surface area contributed by atoms with Gasteiger partial charge in [0.05, 0.1) is 5.52 Å². The molecule has 0 radical (unpaired) electrons. The first-order valence-electron chi connectivity index (χ1n) is 12.4. The van der Waals surface area contributed by atoms with Gasteiger partial charge in [0.1, 0.15) is 29.4 Å². The van der Waals surface area contributed by atoms with Gasteiger partial charge in [-0.15, -0.1) is 11.8 Å². The molecular weight excluding hydrogens is 510 g/mol. The van der Waals surface area contributed by atoms with Crippen molar-refractivity contribution in [1.82, 2.24) is 20.1 Å². The fraction of sp³-hybridized carbons (Fsp3) is 0.423. The zero-order valence-corrected chi connectivity index (χ0v) is 22.3. The Bertz CT molecular complexity index is 1290. The molecular formula is C26H31N5O6S. The van der Waals surface area contributed by atoms with Crippen LogP contribution in [0, 0.1) is 0 Å². The molecule has 2 aliphatic heterocycles. The van der Waals surface area contributed by atoms with Crippen molar-refractivity contribution in [2.45, 2.75) is 32.2 Å². The summed E-state index contributed by atoms with van der Waals surface area (Å²) < 4.78 is 4.96. The molecule has 0 unspecified atom stereocenters. The average molecular weight is 542 g/mol. The Labute approximate surface area is 224 Å². The van der Waals surface area contributed by atoms with E-state index in [0.717, 1.165) is 35.6 Å². The second kappa shape index (κ2) is 11.8. The van der Waals surface area contributed by atoms with Gasteiger partial charge in [-0.05, 0) is 25.2 Å². The molecule has 3 N–H and O–H groups in total. The largest absolute Gasteiger partial charge is 0.477 e. The second-order valence-corrected chi connectivity index (χ2v) is 10.0. The van der Waals surface area contributed by atoms with Crippen molar-refractivity contribution >= 4 is 52.1 Å². The smallest absolute Gasteiger partial charge is 0.352 e. The molecule has 0 bridgehead atoms. The number of aliphatic carboxylic acids is 1. The second-order valence-electron chi connectivity index (χ2n) is 8.92. The third kappa shape index (κ3) is 5.60. The molecule has 0 aliphatic carbocycles. The van der Waals surface area contributed by atoms with Crippen molar-refractivity contribution in [2.75, 3.05) is 43.9 Å². The van der Waals surface area contributed by atoms with E-state index < -0.39 is 35.2 Å². The van der Waals surface area contributed by atoms with E-state index in [1.807, 2.05) is 24.3 Å². The fourth-order valence-corrected chi connectivity index (χ4v) is 5.85. The van der Waals surface area contributed by atoms with Crippen molar-refractivity contribution in [3.63, 3.8) is 0 Å². The number of likely N-dealkylation sites (N-methyl/N-ethyl adjacent to an activating group) is 1. The third-order valence-electron chi connectivity index (χ3n) is 6.57. The zero-order valence-electron chi connectivity index (χ0n) is 21.5. The number of nitrogens with one attached hydrogen (secondary N) is 2. The minimum absolute atomic E-state index is 0.158. The van der Waals surface area contributed by atoms with Gasteiger partial charge in [0, 0.05) is 42.4 Å². The first-order chi connectivity index (χ1) is 18.2. The molecule has 0 saturated carbocycles. The number of carboxylic acid groups (broad SMARTS) is 1. The molecule has 2 aromatic rings. The highest BCUT2D eigenvalue weighted by molar-refractivity contribution is 8.00. The third-order valence-corrected chi connectivity index (χ3v) is 7.91. The number of fused-ring (bicyclic) bond motifs is 2.